The van der Waals surface area contributed by atoms with Gasteiger partial charge >= 0.3 is 0 Å². The van der Waals surface area contributed by atoms with Crippen molar-refractivity contribution in [3.63, 3.8) is 0 Å². The topological polar surface area (TPSA) is 64.4 Å². The molecule has 4 heterocycles. The average Bonchev–Trinajstić information content (AvgIpc) is 3.26. The highest BCUT2D eigenvalue weighted by Crippen LogP contribution is 2.27. The molecular weight excluding hydrogens is 517 g/mol. The maximum absolute atomic E-state index is 14.1. The summed E-state index contributed by atoms with van der Waals surface area (Å²) in [5.74, 6) is 1.15. The fraction of sp³-hybridized carbons (Fsp3) is 0.333. The lowest BCUT2D eigenvalue weighted by Crippen LogP contribution is -2.33. The first-order valence-corrected chi connectivity index (χ1v) is 13.7. The normalized spacial score (nSPS) is 17.6. The molecule has 1 saturated heterocycles. The van der Waals surface area contributed by atoms with Crippen LogP contribution in [0.15, 0.2) is 60.7 Å². The second-order valence-corrected chi connectivity index (χ2v) is 10.4. The van der Waals surface area contributed by atoms with E-state index in [4.69, 9.17) is 26.1 Å². The van der Waals surface area contributed by atoms with E-state index in [1.807, 2.05) is 19.2 Å². The summed E-state index contributed by atoms with van der Waals surface area (Å²) in [4.78, 5) is 12.1. The average molecular weight is 548 g/mol. The number of nitrogens with one attached hydrogen (secondary N) is 1. The molecule has 0 bridgehead atoms. The molecule has 0 aliphatic carbocycles. The van der Waals surface area contributed by atoms with Gasteiger partial charge in [-0.1, -0.05) is 29.8 Å². The van der Waals surface area contributed by atoms with Crippen molar-refractivity contribution >= 4 is 33.9 Å². The molecular formula is C30H31ClFN5O2. The number of benzene rings is 2. The molecule has 2 aromatic carbocycles. The Labute approximate surface area is 232 Å². The maximum atomic E-state index is 14.1. The van der Waals surface area contributed by atoms with E-state index < -0.39 is 0 Å². The van der Waals surface area contributed by atoms with Crippen molar-refractivity contribution in [3.05, 3.63) is 88.6 Å². The van der Waals surface area contributed by atoms with Crippen LogP contribution in [0, 0.1) is 5.82 Å². The quantitative estimate of drug-likeness (QED) is 0.280. The van der Waals surface area contributed by atoms with Gasteiger partial charge in [-0.05, 0) is 54.8 Å². The van der Waals surface area contributed by atoms with Gasteiger partial charge in [-0.3, -0.25) is 4.90 Å². The highest BCUT2D eigenvalue weighted by atomic mass is 35.5. The zero-order chi connectivity index (χ0) is 26.8. The van der Waals surface area contributed by atoms with Crippen LogP contribution in [-0.4, -0.2) is 52.3 Å². The monoisotopic (exact) mass is 547 g/mol. The third kappa shape index (κ3) is 5.78. The van der Waals surface area contributed by atoms with Gasteiger partial charge in [0.2, 0.25) is 5.88 Å². The van der Waals surface area contributed by atoms with Crippen LogP contribution in [0.4, 0.5) is 10.1 Å². The van der Waals surface area contributed by atoms with E-state index in [9.17, 15) is 4.39 Å². The van der Waals surface area contributed by atoms with E-state index >= 15 is 0 Å². The van der Waals surface area contributed by atoms with E-state index in [-0.39, 0.29) is 18.5 Å². The molecule has 2 aromatic heterocycles. The van der Waals surface area contributed by atoms with Crippen LogP contribution >= 0.6 is 11.6 Å². The Balaban J connectivity index is 1.14. The molecule has 0 spiro atoms. The lowest BCUT2D eigenvalue weighted by Gasteiger charge is -2.29. The number of ether oxygens (including phenoxy) is 2. The van der Waals surface area contributed by atoms with Crippen LogP contribution in [0.3, 0.4) is 0 Å². The molecule has 0 saturated carbocycles. The van der Waals surface area contributed by atoms with Gasteiger partial charge in [0, 0.05) is 49.1 Å². The first-order chi connectivity index (χ1) is 19.1. The van der Waals surface area contributed by atoms with Crippen LogP contribution < -0.4 is 10.1 Å². The highest BCUT2D eigenvalue weighted by molar-refractivity contribution is 6.30. The minimum absolute atomic E-state index is 0.0923. The van der Waals surface area contributed by atoms with Gasteiger partial charge in [0.25, 0.3) is 0 Å². The molecule has 0 amide bonds. The van der Waals surface area contributed by atoms with Crippen LogP contribution in [0.1, 0.15) is 29.9 Å². The number of hydrogen-bond acceptors (Lipinski definition) is 6. The van der Waals surface area contributed by atoms with Gasteiger partial charge in [0.05, 0.1) is 35.9 Å². The summed E-state index contributed by atoms with van der Waals surface area (Å²) in [5, 5.41) is 3.57. The fourth-order valence-corrected chi connectivity index (χ4v) is 5.20. The number of rotatable bonds is 9. The van der Waals surface area contributed by atoms with E-state index in [1.165, 1.54) is 11.6 Å². The largest absolute Gasteiger partial charge is 0.473 e. The van der Waals surface area contributed by atoms with E-state index in [2.05, 4.69) is 44.0 Å². The summed E-state index contributed by atoms with van der Waals surface area (Å²) in [6.07, 6.45) is 4.46. The standard InChI is InChI=1S/C30H31ClFN5O2/c1-33-23-7-8-28-27(16-23)34-29(37(28)17-24-11-14-38-24)18-36-12-9-20(10-13-36)26-3-2-4-30(35-26)39-19-21-5-6-22(31)15-25(21)32/h2-9,15-16,24,33H,10-14,17-19H2,1H3. The van der Waals surface area contributed by atoms with Gasteiger partial charge in [0.15, 0.2) is 0 Å². The Bertz CT molecular complexity index is 1520. The molecule has 6 rings (SSSR count). The zero-order valence-electron chi connectivity index (χ0n) is 21.9. The smallest absolute Gasteiger partial charge is 0.214 e. The number of hydrogen-bond donors (Lipinski definition) is 1. The molecule has 202 valence electrons. The van der Waals surface area contributed by atoms with Crippen molar-refractivity contribution in [2.75, 3.05) is 32.1 Å². The minimum atomic E-state index is -0.384. The second kappa shape index (κ2) is 11.3. The predicted molar refractivity (Wildman–Crippen MR) is 151 cm³/mol. The Hall–Kier alpha value is -3.46. The molecule has 7 nitrogen and oxygen atoms in total. The van der Waals surface area contributed by atoms with Crippen LogP contribution in [0.25, 0.3) is 16.6 Å². The number of nitrogens with zero attached hydrogens (tertiary/aromatic N) is 4. The maximum Gasteiger partial charge on any atom is 0.214 e. The first kappa shape index (κ1) is 25.8. The number of imidazole rings is 1. The van der Waals surface area contributed by atoms with Crippen molar-refractivity contribution in [3.8, 4) is 5.88 Å². The van der Waals surface area contributed by atoms with Gasteiger partial charge in [0.1, 0.15) is 18.2 Å². The number of fused-ring (bicyclic) bond motifs is 1. The Morgan fingerprint density at radius 2 is 2.05 bits per heavy atom. The number of pyridine rings is 1. The number of anilines is 1. The van der Waals surface area contributed by atoms with Gasteiger partial charge in [-0.25, -0.2) is 14.4 Å². The first-order valence-electron chi connectivity index (χ1n) is 13.3. The predicted octanol–water partition coefficient (Wildman–Crippen LogP) is 5.92. The summed E-state index contributed by atoms with van der Waals surface area (Å²) in [6, 6.07) is 16.6. The summed E-state index contributed by atoms with van der Waals surface area (Å²) in [7, 11) is 1.93. The summed E-state index contributed by atoms with van der Waals surface area (Å²) in [6.45, 7) is 4.24. The highest BCUT2D eigenvalue weighted by Gasteiger charge is 2.23. The van der Waals surface area contributed by atoms with Gasteiger partial charge in [-0.15, -0.1) is 0 Å². The molecule has 1 atom stereocenters. The molecule has 0 radical (unpaired) electrons. The van der Waals surface area contributed by atoms with E-state index in [0.717, 1.165) is 73.9 Å². The molecule has 1 unspecified atom stereocenters. The zero-order valence-corrected chi connectivity index (χ0v) is 22.6. The van der Waals surface area contributed by atoms with Crippen molar-refractivity contribution in [2.45, 2.75) is 38.6 Å². The van der Waals surface area contributed by atoms with Crippen molar-refractivity contribution in [2.24, 2.45) is 0 Å². The van der Waals surface area contributed by atoms with Crippen molar-refractivity contribution < 1.29 is 13.9 Å². The molecule has 9 heteroatoms. The lowest BCUT2D eigenvalue weighted by molar-refractivity contribution is -0.0591. The Morgan fingerprint density at radius 1 is 1.15 bits per heavy atom. The van der Waals surface area contributed by atoms with Gasteiger partial charge < -0.3 is 19.4 Å². The molecule has 1 fully saturated rings. The summed E-state index contributed by atoms with van der Waals surface area (Å²) < 4.78 is 28.0. The molecule has 4 aromatic rings. The second-order valence-electron chi connectivity index (χ2n) is 9.97. The SMILES string of the molecule is CNc1ccc2c(c1)nc(CN1CC=C(c3cccc(OCc4ccc(Cl)cc4F)n3)CC1)n2CC1CCO1. The summed E-state index contributed by atoms with van der Waals surface area (Å²) in [5.41, 5.74) is 5.72. The van der Waals surface area contributed by atoms with Crippen LogP contribution in [0.2, 0.25) is 5.02 Å². The number of aromatic nitrogens is 3. The van der Waals surface area contributed by atoms with Crippen LogP contribution in [0.5, 0.6) is 5.88 Å². The minimum Gasteiger partial charge on any atom is -0.473 e. The summed E-state index contributed by atoms with van der Waals surface area (Å²) >= 11 is 5.85. The molecule has 1 N–H and O–H groups in total. The van der Waals surface area contributed by atoms with E-state index in [0.29, 0.717) is 16.5 Å². The fourth-order valence-electron chi connectivity index (χ4n) is 5.04. The Kier molecular flexibility index (Phi) is 7.50. The number of halogens is 2. The molecule has 39 heavy (non-hydrogen) atoms. The third-order valence-corrected chi connectivity index (χ3v) is 7.63. The lowest BCUT2D eigenvalue weighted by atomic mass is 10.0. The molecule has 2 aliphatic rings. The Morgan fingerprint density at radius 3 is 2.79 bits per heavy atom. The van der Waals surface area contributed by atoms with Crippen LogP contribution in [-0.2, 0) is 24.4 Å². The molecule has 2 aliphatic heterocycles. The van der Waals surface area contributed by atoms with Gasteiger partial charge in [-0.2, -0.15) is 0 Å². The third-order valence-electron chi connectivity index (χ3n) is 7.40. The van der Waals surface area contributed by atoms with E-state index in [1.54, 1.807) is 18.2 Å². The van der Waals surface area contributed by atoms with Crippen molar-refractivity contribution in [1.82, 2.24) is 19.4 Å². The van der Waals surface area contributed by atoms with Crippen molar-refractivity contribution in [1.29, 1.82) is 0 Å².